The van der Waals surface area contributed by atoms with Crippen molar-refractivity contribution in [3.8, 4) is 5.75 Å². The summed E-state index contributed by atoms with van der Waals surface area (Å²) in [6.45, 7) is 0.339. The van der Waals surface area contributed by atoms with Crippen molar-refractivity contribution in [2.24, 2.45) is 7.05 Å². The van der Waals surface area contributed by atoms with Gasteiger partial charge in [0.1, 0.15) is 18.2 Å². The fourth-order valence-corrected chi connectivity index (χ4v) is 1.80. The van der Waals surface area contributed by atoms with Gasteiger partial charge >= 0.3 is 0 Å². The largest absolute Gasteiger partial charge is 0.485 e. The summed E-state index contributed by atoms with van der Waals surface area (Å²) in [6.07, 6.45) is 4.33. The summed E-state index contributed by atoms with van der Waals surface area (Å²) in [4.78, 5) is 15.0. The van der Waals surface area contributed by atoms with E-state index in [2.05, 4.69) is 20.9 Å². The van der Waals surface area contributed by atoms with Crippen LogP contribution in [0.15, 0.2) is 35.1 Å². The Morgan fingerprint density at radius 3 is 3.00 bits per heavy atom. The number of hydrogen-bond donors (Lipinski definition) is 0. The molecule has 4 nitrogen and oxygen atoms in total. The Labute approximate surface area is 107 Å². The quantitative estimate of drug-likeness (QED) is 0.814. The summed E-state index contributed by atoms with van der Waals surface area (Å²) in [5, 5.41) is 0. The molecule has 0 aliphatic carbocycles. The predicted octanol–water partition coefficient (Wildman–Crippen LogP) is 2.57. The smallest absolute Gasteiger partial charge is 0.153 e. The lowest BCUT2D eigenvalue weighted by Crippen LogP contribution is -2.04. The number of aromatic nitrogens is 2. The molecular weight excluding hydrogens is 284 g/mol. The molecule has 0 aliphatic heterocycles. The van der Waals surface area contributed by atoms with Crippen molar-refractivity contribution in [3.05, 3.63) is 46.5 Å². The maximum absolute atomic E-state index is 10.9. The highest BCUT2D eigenvalue weighted by atomic mass is 79.9. The van der Waals surface area contributed by atoms with Crippen LogP contribution in [0.4, 0.5) is 0 Å². The van der Waals surface area contributed by atoms with Crippen molar-refractivity contribution in [2.45, 2.75) is 6.61 Å². The van der Waals surface area contributed by atoms with E-state index in [0.29, 0.717) is 17.9 Å². The minimum absolute atomic E-state index is 0.339. The minimum atomic E-state index is 0.339. The van der Waals surface area contributed by atoms with E-state index in [1.807, 2.05) is 23.9 Å². The summed E-state index contributed by atoms with van der Waals surface area (Å²) in [7, 11) is 1.90. The Bertz CT molecular complexity index is 537. The van der Waals surface area contributed by atoms with Gasteiger partial charge in [0.25, 0.3) is 0 Å². The van der Waals surface area contributed by atoms with Crippen LogP contribution in [0.1, 0.15) is 16.2 Å². The van der Waals surface area contributed by atoms with E-state index in [9.17, 15) is 4.79 Å². The number of imidazole rings is 1. The molecule has 0 saturated carbocycles. The first-order valence-electron chi connectivity index (χ1n) is 5.04. The third-order valence-electron chi connectivity index (χ3n) is 2.38. The molecular formula is C12H11BrN2O2. The monoisotopic (exact) mass is 294 g/mol. The van der Waals surface area contributed by atoms with Crippen molar-refractivity contribution >= 4 is 22.2 Å². The number of ether oxygens (including phenoxy) is 1. The number of carbonyl (C=O) groups excluding carboxylic acids is 1. The molecule has 0 saturated heterocycles. The summed E-state index contributed by atoms with van der Waals surface area (Å²) < 4.78 is 8.30. The van der Waals surface area contributed by atoms with Crippen LogP contribution in [0.2, 0.25) is 0 Å². The molecule has 0 unspecified atom stereocenters. The second-order valence-corrected chi connectivity index (χ2v) is 4.46. The Hall–Kier alpha value is -1.62. The number of halogens is 1. The van der Waals surface area contributed by atoms with E-state index in [4.69, 9.17) is 4.74 Å². The van der Waals surface area contributed by atoms with Gasteiger partial charge in [0, 0.05) is 23.9 Å². The first-order chi connectivity index (χ1) is 8.20. The first-order valence-corrected chi connectivity index (χ1v) is 5.83. The number of benzene rings is 1. The average Bonchev–Trinajstić information content (AvgIpc) is 2.73. The maximum Gasteiger partial charge on any atom is 0.153 e. The van der Waals surface area contributed by atoms with E-state index >= 15 is 0 Å². The van der Waals surface area contributed by atoms with E-state index in [-0.39, 0.29) is 0 Å². The zero-order valence-electron chi connectivity index (χ0n) is 9.26. The van der Waals surface area contributed by atoms with Gasteiger partial charge in [-0.1, -0.05) is 15.9 Å². The van der Waals surface area contributed by atoms with Crippen LogP contribution < -0.4 is 4.74 Å². The van der Waals surface area contributed by atoms with Crippen molar-refractivity contribution in [1.29, 1.82) is 0 Å². The molecule has 0 aliphatic rings. The van der Waals surface area contributed by atoms with E-state index in [0.717, 1.165) is 16.6 Å². The SMILES string of the molecule is Cn1ccnc1COc1ccc(Br)cc1C=O. The number of carbonyl (C=O) groups is 1. The highest BCUT2D eigenvalue weighted by molar-refractivity contribution is 9.10. The molecule has 2 rings (SSSR count). The summed E-state index contributed by atoms with van der Waals surface area (Å²) in [5.74, 6) is 1.37. The zero-order valence-corrected chi connectivity index (χ0v) is 10.8. The third-order valence-corrected chi connectivity index (χ3v) is 2.87. The Morgan fingerprint density at radius 1 is 1.53 bits per heavy atom. The molecule has 0 atom stereocenters. The Balaban J connectivity index is 2.14. The summed E-state index contributed by atoms with van der Waals surface area (Å²) >= 11 is 3.31. The van der Waals surface area contributed by atoms with Crippen LogP contribution >= 0.6 is 15.9 Å². The van der Waals surface area contributed by atoms with Gasteiger partial charge in [-0.3, -0.25) is 4.79 Å². The van der Waals surface area contributed by atoms with Crippen LogP contribution in [0, 0.1) is 0 Å². The van der Waals surface area contributed by atoms with E-state index < -0.39 is 0 Å². The average molecular weight is 295 g/mol. The Morgan fingerprint density at radius 2 is 2.35 bits per heavy atom. The highest BCUT2D eigenvalue weighted by Gasteiger charge is 2.05. The van der Waals surface area contributed by atoms with Crippen molar-refractivity contribution in [3.63, 3.8) is 0 Å². The van der Waals surface area contributed by atoms with E-state index in [1.165, 1.54) is 0 Å². The number of hydrogen-bond acceptors (Lipinski definition) is 3. The van der Waals surface area contributed by atoms with Gasteiger partial charge in [-0.05, 0) is 18.2 Å². The second kappa shape index (κ2) is 5.14. The van der Waals surface area contributed by atoms with Gasteiger partial charge < -0.3 is 9.30 Å². The van der Waals surface area contributed by atoms with Crippen molar-refractivity contribution in [1.82, 2.24) is 9.55 Å². The molecule has 0 N–H and O–H groups in total. The molecule has 88 valence electrons. The van der Waals surface area contributed by atoms with E-state index in [1.54, 1.807) is 18.3 Å². The molecule has 1 aromatic heterocycles. The first kappa shape index (κ1) is 11.9. The molecule has 5 heteroatoms. The summed E-state index contributed by atoms with van der Waals surface area (Å²) in [6, 6.07) is 5.32. The maximum atomic E-state index is 10.9. The summed E-state index contributed by atoms with van der Waals surface area (Å²) in [5.41, 5.74) is 0.522. The number of nitrogens with zero attached hydrogens (tertiary/aromatic N) is 2. The number of aldehydes is 1. The van der Waals surface area contributed by atoms with Crippen LogP contribution in [0.3, 0.4) is 0 Å². The van der Waals surface area contributed by atoms with Gasteiger partial charge in [-0.2, -0.15) is 0 Å². The van der Waals surface area contributed by atoms with Crippen LogP contribution in [-0.2, 0) is 13.7 Å². The van der Waals surface area contributed by atoms with Gasteiger partial charge in [-0.15, -0.1) is 0 Å². The van der Waals surface area contributed by atoms with Gasteiger partial charge in [-0.25, -0.2) is 4.98 Å². The molecule has 0 bridgehead atoms. The predicted molar refractivity (Wildman–Crippen MR) is 67.1 cm³/mol. The van der Waals surface area contributed by atoms with Crippen molar-refractivity contribution < 1.29 is 9.53 Å². The molecule has 0 fully saturated rings. The lowest BCUT2D eigenvalue weighted by molar-refractivity contribution is 0.111. The Kier molecular flexibility index (Phi) is 3.58. The fourth-order valence-electron chi connectivity index (χ4n) is 1.42. The standard InChI is InChI=1S/C12H11BrN2O2/c1-15-5-4-14-12(15)8-17-11-3-2-10(13)6-9(11)7-16/h2-7H,8H2,1H3. The van der Waals surface area contributed by atoms with Crippen LogP contribution in [0.25, 0.3) is 0 Å². The molecule has 2 aromatic rings. The van der Waals surface area contributed by atoms with Crippen LogP contribution in [-0.4, -0.2) is 15.8 Å². The molecule has 1 aromatic carbocycles. The van der Waals surface area contributed by atoms with Gasteiger partial charge in [0.15, 0.2) is 6.29 Å². The molecule has 0 radical (unpaired) electrons. The normalized spacial score (nSPS) is 10.2. The van der Waals surface area contributed by atoms with Gasteiger partial charge in [0.05, 0.1) is 5.56 Å². The second-order valence-electron chi connectivity index (χ2n) is 3.54. The topological polar surface area (TPSA) is 44.1 Å². The lowest BCUT2D eigenvalue weighted by atomic mass is 10.2. The number of rotatable bonds is 4. The fraction of sp³-hybridized carbons (Fsp3) is 0.167. The van der Waals surface area contributed by atoms with Gasteiger partial charge in [0.2, 0.25) is 0 Å². The minimum Gasteiger partial charge on any atom is -0.485 e. The highest BCUT2D eigenvalue weighted by Crippen LogP contribution is 2.22. The van der Waals surface area contributed by atoms with Crippen molar-refractivity contribution in [2.75, 3.05) is 0 Å². The molecule has 0 spiro atoms. The molecule has 17 heavy (non-hydrogen) atoms. The zero-order chi connectivity index (χ0) is 12.3. The molecule has 1 heterocycles. The van der Waals surface area contributed by atoms with Crippen LogP contribution in [0.5, 0.6) is 5.75 Å². The number of aryl methyl sites for hydroxylation is 1. The lowest BCUT2D eigenvalue weighted by Gasteiger charge is -2.08. The molecule has 0 amide bonds. The third kappa shape index (κ3) is 2.74.